The van der Waals surface area contributed by atoms with Crippen molar-refractivity contribution < 1.29 is 4.79 Å². The minimum atomic E-state index is -0.300. The van der Waals surface area contributed by atoms with Crippen molar-refractivity contribution in [2.75, 3.05) is 0 Å². The van der Waals surface area contributed by atoms with Crippen LogP contribution in [0.1, 0.15) is 62.7 Å². The maximum atomic E-state index is 12.9. The second-order valence-corrected chi connectivity index (χ2v) is 8.41. The summed E-state index contributed by atoms with van der Waals surface area (Å²) in [5.41, 5.74) is 2.49. The first-order valence-corrected chi connectivity index (χ1v) is 10.7. The Morgan fingerprint density at radius 3 is 2.83 bits per heavy atom. The summed E-state index contributed by atoms with van der Waals surface area (Å²) in [5, 5.41) is 16.1. The first kappa shape index (κ1) is 20.3. The number of carbonyl (C=O) groups excluding carboxylic acids is 1. The molecule has 158 valence electrons. The molecule has 4 rings (SSSR count). The van der Waals surface area contributed by atoms with Gasteiger partial charge in [-0.3, -0.25) is 14.0 Å². The summed E-state index contributed by atoms with van der Waals surface area (Å²) < 4.78 is 3.17. The molecule has 3 aromatic rings. The van der Waals surface area contributed by atoms with Crippen LogP contribution in [0.4, 0.5) is 0 Å². The third kappa shape index (κ3) is 4.42. The van der Waals surface area contributed by atoms with Crippen molar-refractivity contribution in [2.24, 2.45) is 5.92 Å². The van der Waals surface area contributed by atoms with Crippen LogP contribution in [-0.2, 0) is 24.2 Å². The zero-order chi connectivity index (χ0) is 21.1. The third-order valence-electron chi connectivity index (χ3n) is 5.51. The quantitative estimate of drug-likeness (QED) is 0.632. The fourth-order valence-electron chi connectivity index (χ4n) is 4.06. The van der Waals surface area contributed by atoms with E-state index in [0.717, 1.165) is 49.0 Å². The van der Waals surface area contributed by atoms with Crippen LogP contribution >= 0.6 is 0 Å². The van der Waals surface area contributed by atoms with E-state index in [-0.39, 0.29) is 24.1 Å². The number of nitrogens with zero attached hydrogens (tertiary/aromatic N) is 5. The molecule has 3 aromatic heterocycles. The molecular formula is C22H28N6O2. The summed E-state index contributed by atoms with van der Waals surface area (Å²) in [6, 6.07) is 7.04. The van der Waals surface area contributed by atoms with Crippen LogP contribution in [0.2, 0.25) is 0 Å². The summed E-state index contributed by atoms with van der Waals surface area (Å²) in [4.78, 5) is 25.4. The Morgan fingerprint density at radius 2 is 2.00 bits per heavy atom. The smallest absolute Gasteiger partial charge is 0.267 e. The van der Waals surface area contributed by atoms with Gasteiger partial charge in [-0.2, -0.15) is 5.10 Å². The minimum Gasteiger partial charge on any atom is -0.344 e. The molecule has 1 amide bonds. The maximum Gasteiger partial charge on any atom is 0.267 e. The fraction of sp³-hybridized carbons (Fsp3) is 0.500. The maximum absolute atomic E-state index is 12.9. The number of fused-ring (bicyclic) bond motifs is 2. The second kappa shape index (κ2) is 8.77. The number of hydrogen-bond donors (Lipinski definition) is 1. The molecule has 8 heteroatoms. The predicted molar refractivity (Wildman–Crippen MR) is 113 cm³/mol. The van der Waals surface area contributed by atoms with Crippen molar-refractivity contribution >= 4 is 11.6 Å². The average Bonchev–Trinajstić information content (AvgIpc) is 3.01. The van der Waals surface area contributed by atoms with Gasteiger partial charge >= 0.3 is 0 Å². The monoisotopic (exact) mass is 408 g/mol. The van der Waals surface area contributed by atoms with Gasteiger partial charge in [-0.05, 0) is 55.7 Å². The van der Waals surface area contributed by atoms with Gasteiger partial charge in [0.15, 0.2) is 11.5 Å². The molecule has 0 aromatic carbocycles. The summed E-state index contributed by atoms with van der Waals surface area (Å²) in [6.45, 7) is 4.10. The number of amides is 1. The highest BCUT2D eigenvalue weighted by Gasteiger charge is 2.22. The molecule has 0 unspecified atom stereocenters. The Bertz CT molecular complexity index is 1100. The van der Waals surface area contributed by atoms with E-state index in [9.17, 15) is 9.59 Å². The Balaban J connectivity index is 1.55. The Morgan fingerprint density at radius 1 is 1.17 bits per heavy atom. The van der Waals surface area contributed by atoms with Crippen molar-refractivity contribution in [2.45, 2.75) is 65.0 Å². The van der Waals surface area contributed by atoms with Crippen molar-refractivity contribution in [3.8, 4) is 0 Å². The first-order chi connectivity index (χ1) is 14.5. The largest absolute Gasteiger partial charge is 0.344 e. The van der Waals surface area contributed by atoms with E-state index < -0.39 is 0 Å². The zero-order valence-corrected chi connectivity index (χ0v) is 17.5. The van der Waals surface area contributed by atoms with Crippen molar-refractivity contribution in [1.29, 1.82) is 0 Å². The molecule has 0 aliphatic heterocycles. The lowest BCUT2D eigenvalue weighted by molar-refractivity contribution is -0.122. The molecule has 0 radical (unpaired) electrons. The molecule has 8 nitrogen and oxygen atoms in total. The van der Waals surface area contributed by atoms with E-state index in [4.69, 9.17) is 0 Å². The zero-order valence-electron chi connectivity index (χ0n) is 17.5. The highest BCUT2D eigenvalue weighted by molar-refractivity contribution is 5.76. The lowest BCUT2D eigenvalue weighted by atomic mass is 10.0. The molecule has 0 saturated carbocycles. The lowest BCUT2D eigenvalue weighted by Gasteiger charge is -2.19. The molecule has 0 bridgehead atoms. The third-order valence-corrected chi connectivity index (χ3v) is 5.51. The van der Waals surface area contributed by atoms with Gasteiger partial charge in [-0.25, -0.2) is 4.68 Å². The van der Waals surface area contributed by atoms with Crippen molar-refractivity contribution in [3.05, 3.63) is 57.9 Å². The lowest BCUT2D eigenvalue weighted by Crippen LogP contribution is -2.37. The summed E-state index contributed by atoms with van der Waals surface area (Å²) in [6.07, 6.45) is 7.66. The molecule has 3 heterocycles. The SMILES string of the molecule is CC(C)C[C@@H](NC(=O)Cn1nc2c(cc1=O)CCCCC2)c1nnc2ccccn12. The molecular weight excluding hydrogens is 380 g/mol. The number of hydrogen-bond acceptors (Lipinski definition) is 5. The van der Waals surface area contributed by atoms with Gasteiger partial charge < -0.3 is 5.32 Å². The molecule has 0 saturated heterocycles. The standard InChI is InChI=1S/C22H28N6O2/c1-15(2)12-18(22-25-24-19-10-6-7-11-27(19)22)23-20(29)14-28-21(30)13-16-8-4-3-5-9-17(16)26-28/h6-7,10-11,13,15,18H,3-5,8-9,12,14H2,1-2H3,(H,23,29)/t18-/m1/s1. The highest BCUT2D eigenvalue weighted by Crippen LogP contribution is 2.21. The fourth-order valence-corrected chi connectivity index (χ4v) is 4.06. The van der Waals surface area contributed by atoms with Crippen molar-refractivity contribution in [1.82, 2.24) is 29.7 Å². The van der Waals surface area contributed by atoms with Crippen LogP contribution in [0.25, 0.3) is 5.65 Å². The van der Waals surface area contributed by atoms with E-state index in [1.807, 2.05) is 28.8 Å². The topological polar surface area (TPSA) is 94.2 Å². The van der Waals surface area contributed by atoms with Gasteiger partial charge in [0.2, 0.25) is 5.91 Å². The summed E-state index contributed by atoms with van der Waals surface area (Å²) >= 11 is 0. The molecule has 1 aliphatic carbocycles. The number of pyridine rings is 1. The molecule has 0 spiro atoms. The van der Waals surface area contributed by atoms with Crippen molar-refractivity contribution in [3.63, 3.8) is 0 Å². The van der Waals surface area contributed by atoms with E-state index in [1.54, 1.807) is 6.07 Å². The number of nitrogens with one attached hydrogen (secondary N) is 1. The van der Waals surface area contributed by atoms with Crippen LogP contribution in [0.5, 0.6) is 0 Å². The number of carbonyl (C=O) groups is 1. The minimum absolute atomic E-state index is 0.0998. The molecule has 1 aliphatic rings. The molecule has 30 heavy (non-hydrogen) atoms. The highest BCUT2D eigenvalue weighted by atomic mass is 16.2. The van der Waals surface area contributed by atoms with E-state index in [1.165, 1.54) is 4.68 Å². The summed E-state index contributed by atoms with van der Waals surface area (Å²) in [7, 11) is 0. The van der Waals surface area contributed by atoms with Crippen LogP contribution in [0.3, 0.4) is 0 Å². The molecule has 0 fully saturated rings. The predicted octanol–water partition coefficient (Wildman–Crippen LogP) is 2.46. The van der Waals surface area contributed by atoms with Gasteiger partial charge in [-0.15, -0.1) is 10.2 Å². The van der Waals surface area contributed by atoms with Crippen LogP contribution < -0.4 is 10.9 Å². The Hall–Kier alpha value is -3.03. The first-order valence-electron chi connectivity index (χ1n) is 10.7. The van der Waals surface area contributed by atoms with E-state index in [2.05, 4.69) is 34.5 Å². The number of rotatable bonds is 6. The normalized spacial score (nSPS) is 15.0. The van der Waals surface area contributed by atoms with E-state index >= 15 is 0 Å². The van der Waals surface area contributed by atoms with Gasteiger partial charge in [-0.1, -0.05) is 26.3 Å². The van der Waals surface area contributed by atoms with E-state index in [0.29, 0.717) is 18.2 Å². The Kier molecular flexibility index (Phi) is 5.92. The van der Waals surface area contributed by atoms with Gasteiger partial charge in [0.25, 0.3) is 5.56 Å². The Labute approximate surface area is 175 Å². The summed E-state index contributed by atoms with van der Waals surface area (Å²) in [5.74, 6) is 0.783. The number of aromatic nitrogens is 5. The van der Waals surface area contributed by atoms with Crippen LogP contribution in [0.15, 0.2) is 35.3 Å². The molecule has 1 atom stereocenters. The number of aryl methyl sites for hydroxylation is 2. The van der Waals surface area contributed by atoms with Gasteiger partial charge in [0.1, 0.15) is 6.54 Å². The van der Waals surface area contributed by atoms with Crippen LogP contribution in [0, 0.1) is 5.92 Å². The van der Waals surface area contributed by atoms with Gasteiger partial charge in [0.05, 0.1) is 11.7 Å². The molecule has 1 N–H and O–H groups in total. The average molecular weight is 409 g/mol. The van der Waals surface area contributed by atoms with Gasteiger partial charge in [0, 0.05) is 12.3 Å². The second-order valence-electron chi connectivity index (χ2n) is 8.41. The van der Waals surface area contributed by atoms with Crippen LogP contribution in [-0.4, -0.2) is 30.3 Å².